The SMILES string of the molecule is COc1ccc2c(CC(=O)N[C@@H](CO)C(=O)N[C@@H](CCC(=O)O)C(=O)N[C@H](C(=O)N[C@@H](CC(N)=O)C(=O)N[C@@H](CC(C)C)C(=O)N[C@@H](CC(=O)O)C(=O)N[C@@H](C)C(=O)N[C@@H](CCC(=O)O)C(=O)N[C@@H](Cc3ccccc3)C(=O)N[C@@H](CCCCNc3ccc([N+](=O)[O-])cc3[N+](=O)[O-])C(N)=O)C(C)C)cc(=O)oc2c1. The third-order valence-electron chi connectivity index (χ3n) is 16.4. The number of non-ortho nitro benzene ring substituents is 1. The van der Waals surface area contributed by atoms with Crippen LogP contribution in [0.15, 0.2) is 82.0 Å². The smallest absolute Gasteiger partial charge is 0.336 e. The summed E-state index contributed by atoms with van der Waals surface area (Å²) < 4.78 is 10.4. The summed E-state index contributed by atoms with van der Waals surface area (Å²) in [6.45, 7) is 6.03. The standard InChI is InChI=1S/C68H89N15O26/c1-33(2)24-45(77-66(101)47(30-52(69)85)80-68(103)58(34(3)4)81-62(97)44(20-22-55(89)90)76-67(102)49(32-84)73-53(86)26-37-27-57(93)109-51-29-39(108-6)16-17-40(37)51)64(99)79-48(31-56(91)92)63(98)72-35(5)60(95)75-43(19-21-54(87)88)61(96)78-46(25-36-12-8-7-9-13-36)65(100)74-42(59(70)94)14-10-11-23-71-41-18-15-38(82(104)105)28-50(41)83(106)107/h7-9,12-13,15-18,27-29,33-35,42-49,58,71,84H,10-11,14,19-26,30-32H2,1-6H3,(H2,69,85)(H2,70,94)(H,72,98)(H,73,86)(H,74,100)(H,75,95)(H,76,102)(H,77,101)(H,78,96)(H,79,99)(H,80,103)(H,81,97)(H,87,88)(H,89,90)(H,91,92)/t35-,42-,43-,44-,45-,46-,47-,48-,49-,58-/m0/s1. The van der Waals surface area contributed by atoms with Gasteiger partial charge in [-0.1, -0.05) is 58.0 Å². The van der Waals surface area contributed by atoms with Gasteiger partial charge in [0.05, 0.1) is 48.9 Å². The number of carbonyl (C=O) groups is 15. The minimum Gasteiger partial charge on any atom is -0.497 e. The summed E-state index contributed by atoms with van der Waals surface area (Å²) in [5.74, 6) is -19.5. The molecule has 0 radical (unpaired) electrons. The van der Waals surface area contributed by atoms with Crippen molar-refractivity contribution in [2.24, 2.45) is 23.3 Å². The molecular formula is C68H89N15O26. The van der Waals surface area contributed by atoms with Gasteiger partial charge in [0.1, 0.15) is 77.4 Å². The summed E-state index contributed by atoms with van der Waals surface area (Å²) in [6, 6.07) is -0.961. The normalized spacial score (nSPS) is 13.8. The number of nitro groups is 2. The predicted octanol–water partition coefficient (Wildman–Crippen LogP) is -2.19. The summed E-state index contributed by atoms with van der Waals surface area (Å²) in [4.78, 5) is 234. The highest BCUT2D eigenvalue weighted by atomic mass is 16.6. The number of hydrogen-bond acceptors (Lipinski definition) is 24. The van der Waals surface area contributed by atoms with Gasteiger partial charge in [0.25, 0.3) is 11.4 Å². The number of aliphatic hydroxyl groups is 1. The largest absolute Gasteiger partial charge is 0.497 e. The third-order valence-corrected chi connectivity index (χ3v) is 16.4. The molecule has 12 amide bonds. The van der Waals surface area contributed by atoms with E-state index in [2.05, 4.69) is 58.5 Å². The van der Waals surface area contributed by atoms with Crippen molar-refractivity contribution in [1.29, 1.82) is 0 Å². The van der Waals surface area contributed by atoms with E-state index >= 15 is 0 Å². The first-order valence-corrected chi connectivity index (χ1v) is 34.0. The molecule has 1 aromatic heterocycles. The van der Waals surface area contributed by atoms with Gasteiger partial charge in [0.15, 0.2) is 0 Å². The monoisotopic (exact) mass is 1530 g/mol. The van der Waals surface area contributed by atoms with Crippen LogP contribution in [0.3, 0.4) is 0 Å². The van der Waals surface area contributed by atoms with E-state index in [1.54, 1.807) is 44.2 Å². The Morgan fingerprint density at radius 3 is 1.63 bits per heavy atom. The first-order chi connectivity index (χ1) is 51.3. The van der Waals surface area contributed by atoms with Crippen LogP contribution in [0.4, 0.5) is 17.1 Å². The number of carbonyl (C=O) groups excluding carboxylic acids is 12. The lowest BCUT2D eigenvalue weighted by atomic mass is 10.00. The van der Waals surface area contributed by atoms with Crippen LogP contribution in [-0.2, 0) is 84.8 Å². The van der Waals surface area contributed by atoms with Crippen molar-refractivity contribution in [1.82, 2.24) is 53.2 Å². The van der Waals surface area contributed by atoms with Gasteiger partial charge in [-0.15, -0.1) is 0 Å². The average molecular weight is 1530 g/mol. The summed E-state index contributed by atoms with van der Waals surface area (Å²) in [5.41, 5.74) is 9.87. The van der Waals surface area contributed by atoms with Gasteiger partial charge < -0.3 is 99.5 Å². The van der Waals surface area contributed by atoms with E-state index in [1.165, 1.54) is 39.2 Å². The van der Waals surface area contributed by atoms with Gasteiger partial charge in [-0.3, -0.25) is 92.1 Å². The molecule has 3 aromatic carbocycles. The number of aliphatic carboxylic acids is 3. The molecule has 0 aliphatic rings. The van der Waals surface area contributed by atoms with E-state index in [-0.39, 0.29) is 55.5 Å². The fourth-order valence-corrected chi connectivity index (χ4v) is 10.7. The molecule has 0 fully saturated rings. The number of primary amides is 2. The summed E-state index contributed by atoms with van der Waals surface area (Å²) >= 11 is 0. The number of anilines is 1. The Kier molecular flexibility index (Phi) is 35.0. The number of ether oxygens (including phenoxy) is 1. The molecule has 10 atom stereocenters. The number of hydrogen-bond donors (Lipinski definition) is 17. The third kappa shape index (κ3) is 29.6. The number of amides is 12. The van der Waals surface area contributed by atoms with Gasteiger partial charge in [-0.2, -0.15) is 0 Å². The number of nitrogens with zero attached hydrogens (tertiary/aromatic N) is 2. The van der Waals surface area contributed by atoms with Crippen molar-refractivity contribution < 1.29 is 111 Å². The predicted molar refractivity (Wildman–Crippen MR) is 380 cm³/mol. The van der Waals surface area contributed by atoms with Crippen molar-refractivity contribution >= 4 is 117 Å². The van der Waals surface area contributed by atoms with Crippen LogP contribution in [0.2, 0.25) is 0 Å². The highest BCUT2D eigenvalue weighted by molar-refractivity contribution is 6.01. The molecule has 592 valence electrons. The highest BCUT2D eigenvalue weighted by Gasteiger charge is 2.38. The minimum atomic E-state index is -2.06. The lowest BCUT2D eigenvalue weighted by Gasteiger charge is -2.29. The fraction of sp³-hybridized carbons (Fsp3) is 0.471. The van der Waals surface area contributed by atoms with Crippen LogP contribution in [-0.4, -0.2) is 200 Å². The number of unbranched alkanes of at least 4 members (excludes halogenated alkanes) is 1. The number of rotatable bonds is 47. The second-order valence-corrected chi connectivity index (χ2v) is 25.8. The molecular weight excluding hydrogens is 1440 g/mol. The van der Waals surface area contributed by atoms with Crippen LogP contribution in [0, 0.1) is 32.1 Å². The Labute approximate surface area is 620 Å². The van der Waals surface area contributed by atoms with Gasteiger partial charge in [0, 0.05) is 49.4 Å². The van der Waals surface area contributed by atoms with E-state index in [1.807, 2.05) is 0 Å². The molecule has 1 heterocycles. The lowest BCUT2D eigenvalue weighted by Crippen LogP contribution is -2.61. The molecule has 4 aromatic rings. The Bertz CT molecular complexity index is 4080. The number of nitrogens with two attached hydrogens (primary N) is 2. The van der Waals surface area contributed by atoms with Crippen LogP contribution in [0.5, 0.6) is 5.75 Å². The number of carboxylic acids is 3. The molecule has 0 saturated heterocycles. The molecule has 109 heavy (non-hydrogen) atoms. The van der Waals surface area contributed by atoms with Crippen LogP contribution < -0.4 is 80.3 Å². The van der Waals surface area contributed by atoms with Crippen LogP contribution >= 0.6 is 0 Å². The number of methoxy groups -OCH3 is 1. The maximum atomic E-state index is 14.2. The minimum absolute atomic E-state index is 0.0325. The van der Waals surface area contributed by atoms with Crippen molar-refractivity contribution in [3.05, 3.63) is 115 Å². The van der Waals surface area contributed by atoms with Crippen LogP contribution in [0.1, 0.15) is 110 Å². The van der Waals surface area contributed by atoms with E-state index in [4.69, 9.17) is 20.6 Å². The molecule has 0 spiro atoms. The van der Waals surface area contributed by atoms with E-state index in [9.17, 15) is 117 Å². The second kappa shape index (κ2) is 43.0. The Hall–Kier alpha value is -12.7. The Balaban J connectivity index is 1.47. The summed E-state index contributed by atoms with van der Waals surface area (Å²) in [5, 5.41) is 88.3. The number of nitrogens with one attached hydrogen (secondary N) is 11. The molecule has 19 N–H and O–H groups in total. The first kappa shape index (κ1) is 88.7. The zero-order chi connectivity index (χ0) is 81.5. The van der Waals surface area contributed by atoms with E-state index in [0.717, 1.165) is 31.2 Å². The molecule has 4 rings (SSSR count). The van der Waals surface area contributed by atoms with E-state index in [0.29, 0.717) is 16.7 Å². The molecule has 0 aliphatic carbocycles. The van der Waals surface area contributed by atoms with Crippen molar-refractivity contribution in [3.63, 3.8) is 0 Å². The molecule has 0 saturated carbocycles. The zero-order valence-corrected chi connectivity index (χ0v) is 60.1. The number of benzene rings is 3. The van der Waals surface area contributed by atoms with Crippen LogP contribution in [0.25, 0.3) is 11.0 Å². The summed E-state index contributed by atoms with van der Waals surface area (Å²) in [7, 11) is 1.37. The maximum absolute atomic E-state index is 14.2. The number of carboxylic acid groups (broad SMARTS) is 3. The summed E-state index contributed by atoms with van der Waals surface area (Å²) in [6.07, 6.45) is -5.75. The van der Waals surface area contributed by atoms with Gasteiger partial charge in [-0.25, -0.2) is 4.79 Å². The first-order valence-electron chi connectivity index (χ1n) is 34.0. The maximum Gasteiger partial charge on any atom is 0.336 e. The van der Waals surface area contributed by atoms with Crippen molar-refractivity contribution in [2.75, 3.05) is 25.6 Å². The van der Waals surface area contributed by atoms with Gasteiger partial charge in [0.2, 0.25) is 70.9 Å². The fourth-order valence-electron chi connectivity index (χ4n) is 10.7. The number of fused-ring (bicyclic) bond motifs is 1. The molecule has 0 aliphatic heterocycles. The van der Waals surface area contributed by atoms with Crippen molar-refractivity contribution in [2.45, 2.75) is 172 Å². The number of nitro benzene ring substituents is 2. The number of aliphatic hydroxyl groups excluding tert-OH is 1. The second-order valence-electron chi connectivity index (χ2n) is 25.8. The Morgan fingerprint density at radius 2 is 1.07 bits per heavy atom. The van der Waals surface area contributed by atoms with E-state index < -0.39 is 239 Å². The zero-order valence-electron chi connectivity index (χ0n) is 60.1. The molecule has 0 bridgehead atoms. The molecule has 41 nitrogen and oxygen atoms in total. The Morgan fingerprint density at radius 1 is 0.541 bits per heavy atom. The quantitative estimate of drug-likeness (QED) is 0.00967. The topological polar surface area (TPSA) is 647 Å². The molecule has 0 unspecified atom stereocenters. The van der Waals surface area contributed by atoms with Gasteiger partial charge in [-0.05, 0) is 86.6 Å². The molecule has 41 heteroatoms. The average Bonchev–Trinajstić information content (AvgIpc) is 0.804. The van der Waals surface area contributed by atoms with Gasteiger partial charge >= 0.3 is 23.5 Å². The lowest BCUT2D eigenvalue weighted by molar-refractivity contribution is -0.393. The van der Waals surface area contributed by atoms with Crippen molar-refractivity contribution in [3.8, 4) is 5.75 Å². The highest BCUT2D eigenvalue weighted by Crippen LogP contribution is 2.29.